The van der Waals surface area contributed by atoms with E-state index in [0.717, 1.165) is 5.69 Å². The Bertz CT molecular complexity index is 596. The molecular formula is C15H18ClN3O. The highest BCUT2D eigenvalue weighted by Crippen LogP contribution is 2.23. The molecule has 0 aliphatic carbocycles. The van der Waals surface area contributed by atoms with E-state index in [-0.39, 0.29) is 17.9 Å². The third-order valence-electron chi connectivity index (χ3n) is 3.01. The quantitative estimate of drug-likeness (QED) is 0.941. The van der Waals surface area contributed by atoms with E-state index in [1.54, 1.807) is 17.0 Å². The van der Waals surface area contributed by atoms with E-state index in [4.69, 9.17) is 11.6 Å². The van der Waals surface area contributed by atoms with E-state index in [1.165, 1.54) is 5.56 Å². The summed E-state index contributed by atoms with van der Waals surface area (Å²) in [5, 5.41) is 3.15. The molecule has 0 saturated carbocycles. The van der Waals surface area contributed by atoms with Gasteiger partial charge in [-0.15, -0.1) is 0 Å². The van der Waals surface area contributed by atoms with Crippen LogP contribution in [0.25, 0.3) is 0 Å². The van der Waals surface area contributed by atoms with E-state index in [0.29, 0.717) is 5.28 Å². The summed E-state index contributed by atoms with van der Waals surface area (Å²) in [6.07, 6.45) is 3.23. The highest BCUT2D eigenvalue weighted by molar-refractivity contribution is 6.28. The van der Waals surface area contributed by atoms with Crippen LogP contribution >= 0.6 is 11.6 Å². The van der Waals surface area contributed by atoms with Gasteiger partial charge in [-0.05, 0) is 34.7 Å². The maximum Gasteiger partial charge on any atom is 0.244 e. The van der Waals surface area contributed by atoms with Gasteiger partial charge in [-0.1, -0.05) is 32.9 Å². The fraction of sp³-hybridized carbons (Fsp3) is 0.333. The number of hydrogen-bond donors (Lipinski definition) is 1. The van der Waals surface area contributed by atoms with Crippen molar-refractivity contribution in [2.24, 2.45) is 0 Å². The number of hydrogen-bond acceptors (Lipinski definition) is 2. The van der Waals surface area contributed by atoms with Crippen molar-refractivity contribution in [1.82, 2.24) is 9.55 Å². The lowest BCUT2D eigenvalue weighted by molar-refractivity contribution is -0.116. The molecule has 0 atom stereocenters. The van der Waals surface area contributed by atoms with E-state index in [2.05, 4.69) is 31.1 Å². The lowest BCUT2D eigenvalue weighted by atomic mass is 9.87. The van der Waals surface area contributed by atoms with Gasteiger partial charge in [-0.25, -0.2) is 4.98 Å². The molecule has 0 aliphatic heterocycles. The number of carbonyl (C=O) groups is 1. The molecular weight excluding hydrogens is 274 g/mol. The van der Waals surface area contributed by atoms with Crippen molar-refractivity contribution in [3.05, 3.63) is 47.5 Å². The number of aromatic nitrogens is 2. The average molecular weight is 292 g/mol. The minimum absolute atomic E-state index is 0.104. The normalized spacial score (nSPS) is 11.4. The zero-order valence-electron chi connectivity index (χ0n) is 11.9. The van der Waals surface area contributed by atoms with Gasteiger partial charge in [0.2, 0.25) is 11.2 Å². The number of halogens is 1. The lowest BCUT2D eigenvalue weighted by Gasteiger charge is -2.19. The number of anilines is 1. The van der Waals surface area contributed by atoms with Gasteiger partial charge in [-0.3, -0.25) is 4.79 Å². The standard InChI is InChI=1S/C15H18ClN3O/c1-15(2,3)11-4-6-12(7-5-11)18-13(20)10-19-9-8-17-14(19)16/h4-9H,10H2,1-3H3,(H,18,20). The first-order valence-electron chi connectivity index (χ1n) is 6.43. The van der Waals surface area contributed by atoms with Gasteiger partial charge in [0.25, 0.3) is 0 Å². The maximum atomic E-state index is 11.9. The summed E-state index contributed by atoms with van der Waals surface area (Å²) in [5.74, 6) is -0.131. The van der Waals surface area contributed by atoms with Crippen LogP contribution in [0.4, 0.5) is 5.69 Å². The largest absolute Gasteiger partial charge is 0.325 e. The summed E-state index contributed by atoms with van der Waals surface area (Å²) in [6.45, 7) is 6.62. The van der Waals surface area contributed by atoms with Gasteiger partial charge in [0.15, 0.2) is 0 Å². The Morgan fingerprint density at radius 1 is 1.30 bits per heavy atom. The Morgan fingerprint density at radius 3 is 2.45 bits per heavy atom. The Balaban J connectivity index is 2.00. The second-order valence-electron chi connectivity index (χ2n) is 5.70. The second kappa shape index (κ2) is 5.67. The minimum Gasteiger partial charge on any atom is -0.325 e. The number of amides is 1. The highest BCUT2D eigenvalue weighted by atomic mass is 35.5. The van der Waals surface area contributed by atoms with E-state index in [1.807, 2.05) is 24.3 Å². The van der Waals surface area contributed by atoms with E-state index in [9.17, 15) is 4.79 Å². The fourth-order valence-electron chi connectivity index (χ4n) is 1.84. The van der Waals surface area contributed by atoms with Crippen molar-refractivity contribution in [2.75, 3.05) is 5.32 Å². The summed E-state index contributed by atoms with van der Waals surface area (Å²) in [7, 11) is 0. The molecule has 0 fully saturated rings. The second-order valence-corrected chi connectivity index (χ2v) is 6.04. The summed E-state index contributed by atoms with van der Waals surface area (Å²) in [6, 6.07) is 7.88. The molecule has 106 valence electrons. The van der Waals surface area contributed by atoms with Crippen LogP contribution in [-0.2, 0) is 16.8 Å². The van der Waals surface area contributed by atoms with Gasteiger partial charge >= 0.3 is 0 Å². The van der Waals surface area contributed by atoms with Gasteiger partial charge in [0.1, 0.15) is 6.54 Å². The molecule has 4 nitrogen and oxygen atoms in total. The summed E-state index contributed by atoms with van der Waals surface area (Å²) < 4.78 is 1.58. The van der Waals surface area contributed by atoms with Crippen LogP contribution in [0, 0.1) is 0 Å². The predicted molar refractivity (Wildman–Crippen MR) is 81.0 cm³/mol. The number of rotatable bonds is 3. The topological polar surface area (TPSA) is 46.9 Å². The highest BCUT2D eigenvalue weighted by Gasteiger charge is 2.13. The Hall–Kier alpha value is -1.81. The van der Waals surface area contributed by atoms with Crippen LogP contribution < -0.4 is 5.32 Å². The molecule has 2 aromatic rings. The lowest BCUT2D eigenvalue weighted by Crippen LogP contribution is -2.18. The van der Waals surface area contributed by atoms with Crippen molar-refractivity contribution in [1.29, 1.82) is 0 Å². The van der Waals surface area contributed by atoms with Crippen LogP contribution in [0.2, 0.25) is 5.28 Å². The van der Waals surface area contributed by atoms with Crippen molar-refractivity contribution < 1.29 is 4.79 Å². The molecule has 0 unspecified atom stereocenters. The molecule has 0 bridgehead atoms. The molecule has 0 spiro atoms. The molecule has 0 radical (unpaired) electrons. The van der Waals surface area contributed by atoms with Gasteiger partial charge in [0, 0.05) is 18.1 Å². The van der Waals surface area contributed by atoms with E-state index >= 15 is 0 Å². The molecule has 2 rings (SSSR count). The molecule has 1 amide bonds. The van der Waals surface area contributed by atoms with Crippen molar-refractivity contribution in [2.45, 2.75) is 32.7 Å². The van der Waals surface area contributed by atoms with Crippen molar-refractivity contribution in [3.63, 3.8) is 0 Å². The number of imidazole rings is 1. The van der Waals surface area contributed by atoms with Crippen LogP contribution in [0.1, 0.15) is 26.3 Å². The average Bonchev–Trinajstić information content (AvgIpc) is 2.74. The Morgan fingerprint density at radius 2 is 1.95 bits per heavy atom. The first kappa shape index (κ1) is 14.6. The number of nitrogens with zero attached hydrogens (tertiary/aromatic N) is 2. The Kier molecular flexibility index (Phi) is 4.14. The molecule has 5 heteroatoms. The molecule has 0 aliphatic rings. The fourth-order valence-corrected chi connectivity index (χ4v) is 2.01. The number of benzene rings is 1. The third kappa shape index (κ3) is 3.61. The van der Waals surface area contributed by atoms with Gasteiger partial charge in [-0.2, -0.15) is 0 Å². The summed E-state index contributed by atoms with van der Waals surface area (Å²) in [4.78, 5) is 15.8. The van der Waals surface area contributed by atoms with Crippen LogP contribution in [0.5, 0.6) is 0 Å². The molecule has 1 aromatic heterocycles. The molecule has 0 saturated heterocycles. The predicted octanol–water partition coefficient (Wildman–Crippen LogP) is 3.47. The van der Waals surface area contributed by atoms with Crippen molar-refractivity contribution in [3.8, 4) is 0 Å². The first-order valence-corrected chi connectivity index (χ1v) is 6.81. The first-order chi connectivity index (χ1) is 9.36. The summed E-state index contributed by atoms with van der Waals surface area (Å²) >= 11 is 5.83. The number of carbonyl (C=O) groups excluding carboxylic acids is 1. The van der Waals surface area contributed by atoms with Crippen molar-refractivity contribution >= 4 is 23.2 Å². The third-order valence-corrected chi connectivity index (χ3v) is 3.33. The van der Waals surface area contributed by atoms with Crippen LogP contribution in [0.3, 0.4) is 0 Å². The molecule has 1 heterocycles. The van der Waals surface area contributed by atoms with Gasteiger partial charge < -0.3 is 9.88 Å². The minimum atomic E-state index is -0.131. The Labute approximate surface area is 123 Å². The zero-order valence-corrected chi connectivity index (χ0v) is 12.6. The molecule has 20 heavy (non-hydrogen) atoms. The summed E-state index contributed by atoms with van der Waals surface area (Å²) in [5.41, 5.74) is 2.11. The molecule has 1 aromatic carbocycles. The number of nitrogens with one attached hydrogen (secondary N) is 1. The van der Waals surface area contributed by atoms with Crippen LogP contribution in [0.15, 0.2) is 36.7 Å². The maximum absolute atomic E-state index is 11.9. The van der Waals surface area contributed by atoms with Crippen LogP contribution in [-0.4, -0.2) is 15.5 Å². The SMILES string of the molecule is CC(C)(C)c1ccc(NC(=O)Cn2ccnc2Cl)cc1. The zero-order chi connectivity index (χ0) is 14.8. The molecule has 1 N–H and O–H groups in total. The van der Waals surface area contributed by atoms with E-state index < -0.39 is 0 Å². The smallest absolute Gasteiger partial charge is 0.244 e. The monoisotopic (exact) mass is 291 g/mol. The van der Waals surface area contributed by atoms with Gasteiger partial charge in [0.05, 0.1) is 0 Å².